The van der Waals surface area contributed by atoms with Crippen molar-refractivity contribution in [1.82, 2.24) is 25.7 Å². The Morgan fingerprint density at radius 1 is 1.33 bits per heavy atom. The number of hydrazine groups is 1. The van der Waals surface area contributed by atoms with Gasteiger partial charge in [0.1, 0.15) is 5.52 Å². The number of nitrogens with zero attached hydrogens (tertiary/aromatic N) is 4. The molecule has 1 aromatic carbocycles. The first-order valence-electron chi connectivity index (χ1n) is 9.13. The fraction of sp³-hybridized carbons (Fsp3) is 0.500. The number of carbonyl (C=O) groups is 2. The average molecular weight is 372 g/mol. The molecule has 1 fully saturated rings. The minimum absolute atomic E-state index is 0.0520. The van der Waals surface area contributed by atoms with Crippen molar-refractivity contribution in [3.8, 4) is 0 Å². The monoisotopic (exact) mass is 372 g/mol. The zero-order valence-electron chi connectivity index (χ0n) is 15.3. The Kier molecular flexibility index (Phi) is 6.12. The van der Waals surface area contributed by atoms with Crippen molar-refractivity contribution in [2.75, 3.05) is 12.0 Å². The Morgan fingerprint density at radius 3 is 2.85 bits per heavy atom. The van der Waals surface area contributed by atoms with E-state index in [-0.39, 0.29) is 18.4 Å². The Hall–Kier alpha value is -2.81. The van der Waals surface area contributed by atoms with Crippen molar-refractivity contribution in [3.63, 3.8) is 0 Å². The summed E-state index contributed by atoms with van der Waals surface area (Å²) in [5, 5.41) is 18.1. The molecular weight excluding hydrogens is 348 g/mol. The maximum Gasteiger partial charge on any atom is 0.262 e. The number of anilines is 1. The molecule has 1 aliphatic carbocycles. The van der Waals surface area contributed by atoms with E-state index in [4.69, 9.17) is 0 Å². The highest BCUT2D eigenvalue weighted by molar-refractivity contribution is 5.80. The van der Waals surface area contributed by atoms with E-state index >= 15 is 0 Å². The second-order valence-electron chi connectivity index (χ2n) is 7.05. The summed E-state index contributed by atoms with van der Waals surface area (Å²) in [6.45, 7) is 1.91. The van der Waals surface area contributed by atoms with Gasteiger partial charge in [-0.25, -0.2) is 10.0 Å². The molecule has 9 nitrogen and oxygen atoms in total. The third kappa shape index (κ3) is 5.10. The number of aryl methyl sites for hydroxylation is 1. The first-order valence-corrected chi connectivity index (χ1v) is 9.13. The Bertz CT molecular complexity index is 809. The number of nitrogens with one attached hydrogen (secondary N) is 2. The van der Waals surface area contributed by atoms with Crippen LogP contribution in [0.3, 0.4) is 0 Å². The summed E-state index contributed by atoms with van der Waals surface area (Å²) >= 11 is 0. The molecule has 0 spiro atoms. The van der Waals surface area contributed by atoms with Crippen molar-refractivity contribution in [1.29, 1.82) is 0 Å². The van der Waals surface area contributed by atoms with E-state index in [0.717, 1.165) is 31.2 Å². The summed E-state index contributed by atoms with van der Waals surface area (Å²) < 4.78 is 0. The van der Waals surface area contributed by atoms with E-state index in [1.54, 1.807) is 0 Å². The average Bonchev–Trinajstić information content (AvgIpc) is 3.18. The maximum absolute atomic E-state index is 12.6. The van der Waals surface area contributed by atoms with Gasteiger partial charge in [0, 0.05) is 0 Å². The summed E-state index contributed by atoms with van der Waals surface area (Å²) in [4.78, 5) is 27.6. The first kappa shape index (κ1) is 19.0. The van der Waals surface area contributed by atoms with E-state index in [9.17, 15) is 14.8 Å². The summed E-state index contributed by atoms with van der Waals surface area (Å²) in [6.07, 6.45) is 5.38. The van der Waals surface area contributed by atoms with Gasteiger partial charge in [-0.05, 0) is 37.0 Å². The van der Waals surface area contributed by atoms with Gasteiger partial charge in [0.25, 0.3) is 5.95 Å². The number of carbonyl (C=O) groups excluding carboxylic acids is 2. The normalized spacial score (nSPS) is 15.5. The predicted molar refractivity (Wildman–Crippen MR) is 98.5 cm³/mol. The molecule has 9 heteroatoms. The third-order valence-corrected chi connectivity index (χ3v) is 4.90. The van der Waals surface area contributed by atoms with Crippen molar-refractivity contribution in [3.05, 3.63) is 23.8 Å². The van der Waals surface area contributed by atoms with E-state index in [1.807, 2.05) is 25.1 Å². The highest BCUT2D eigenvalue weighted by Gasteiger charge is 2.27. The van der Waals surface area contributed by atoms with Gasteiger partial charge in [0.05, 0.1) is 18.0 Å². The molecule has 1 heterocycles. The fourth-order valence-electron chi connectivity index (χ4n) is 3.50. The quantitative estimate of drug-likeness (QED) is 0.367. The molecule has 0 bridgehead atoms. The smallest absolute Gasteiger partial charge is 0.262 e. The molecule has 1 saturated carbocycles. The summed E-state index contributed by atoms with van der Waals surface area (Å²) in [5.41, 5.74) is 7.65. The van der Waals surface area contributed by atoms with Crippen LogP contribution in [0.25, 0.3) is 11.0 Å². The molecule has 144 valence electrons. The van der Waals surface area contributed by atoms with E-state index in [2.05, 4.69) is 26.0 Å². The van der Waals surface area contributed by atoms with Gasteiger partial charge < -0.3 is 0 Å². The minimum atomic E-state index is -0.521. The maximum atomic E-state index is 12.6. The van der Waals surface area contributed by atoms with E-state index in [1.165, 1.54) is 0 Å². The van der Waals surface area contributed by atoms with Crippen LogP contribution in [0.15, 0.2) is 18.2 Å². The SMILES string of the molecule is Cc1ccc2nc(NNC(=O)[C@H](CC3CCCC3)CN(O)C=O)nnc2c1. The fourth-order valence-corrected chi connectivity index (χ4v) is 3.50. The van der Waals surface area contributed by atoms with Crippen LogP contribution in [0.1, 0.15) is 37.7 Å². The molecule has 0 unspecified atom stereocenters. The van der Waals surface area contributed by atoms with Crippen LogP contribution in [0.2, 0.25) is 0 Å². The molecule has 27 heavy (non-hydrogen) atoms. The lowest BCUT2D eigenvalue weighted by Gasteiger charge is -2.22. The summed E-state index contributed by atoms with van der Waals surface area (Å²) in [6, 6.07) is 5.64. The second kappa shape index (κ2) is 8.72. The standard InChI is InChI=1S/C18H24N6O3/c1-12-6-7-15-16(8-12)20-22-18(19-15)23-21-17(26)14(10-24(27)11-25)9-13-4-2-3-5-13/h6-8,11,13-14,27H,2-5,9-10H2,1H3,(H,21,26)(H,19,22,23)/t14-/m1/s1. The molecule has 2 aromatic rings. The van der Waals surface area contributed by atoms with Crippen LogP contribution in [0.5, 0.6) is 0 Å². The minimum Gasteiger partial charge on any atom is -0.286 e. The van der Waals surface area contributed by atoms with E-state index in [0.29, 0.717) is 34.8 Å². The molecule has 1 aromatic heterocycles. The van der Waals surface area contributed by atoms with Gasteiger partial charge in [0.2, 0.25) is 12.3 Å². The zero-order chi connectivity index (χ0) is 19.2. The molecular formula is C18H24N6O3. The third-order valence-electron chi connectivity index (χ3n) is 4.90. The zero-order valence-corrected chi connectivity index (χ0v) is 15.3. The molecule has 2 amide bonds. The highest BCUT2D eigenvalue weighted by Crippen LogP contribution is 2.30. The first-order chi connectivity index (χ1) is 13.0. The number of rotatable bonds is 8. The van der Waals surface area contributed by atoms with Crippen LogP contribution >= 0.6 is 0 Å². The van der Waals surface area contributed by atoms with Crippen molar-refractivity contribution >= 4 is 29.3 Å². The molecule has 0 saturated heterocycles. The Morgan fingerprint density at radius 2 is 2.11 bits per heavy atom. The highest BCUT2D eigenvalue weighted by atomic mass is 16.5. The number of benzene rings is 1. The number of hydrogen-bond donors (Lipinski definition) is 3. The predicted octanol–water partition coefficient (Wildman–Crippen LogP) is 1.82. The summed E-state index contributed by atoms with van der Waals surface area (Å²) in [5.74, 6) is -0.236. The second-order valence-corrected chi connectivity index (χ2v) is 7.05. The number of amides is 2. The van der Waals surface area contributed by atoms with Gasteiger partial charge in [0.15, 0.2) is 0 Å². The van der Waals surface area contributed by atoms with Crippen LogP contribution in [-0.2, 0) is 9.59 Å². The van der Waals surface area contributed by atoms with Crippen LogP contribution < -0.4 is 10.9 Å². The lowest BCUT2D eigenvalue weighted by molar-refractivity contribution is -0.154. The van der Waals surface area contributed by atoms with Crippen LogP contribution in [-0.4, -0.2) is 44.3 Å². The van der Waals surface area contributed by atoms with Gasteiger partial charge in [-0.15, -0.1) is 10.2 Å². The van der Waals surface area contributed by atoms with E-state index < -0.39 is 5.92 Å². The van der Waals surface area contributed by atoms with Gasteiger partial charge in [-0.3, -0.25) is 25.6 Å². The van der Waals surface area contributed by atoms with Gasteiger partial charge >= 0.3 is 0 Å². The largest absolute Gasteiger partial charge is 0.286 e. The molecule has 1 atom stereocenters. The Labute approximate surface area is 157 Å². The Balaban J connectivity index is 1.63. The molecule has 0 aliphatic heterocycles. The van der Waals surface area contributed by atoms with Gasteiger partial charge in [-0.2, -0.15) is 0 Å². The van der Waals surface area contributed by atoms with Crippen LogP contribution in [0.4, 0.5) is 5.95 Å². The topological polar surface area (TPSA) is 120 Å². The molecule has 1 aliphatic rings. The lowest BCUT2D eigenvalue weighted by Crippen LogP contribution is -2.41. The van der Waals surface area contributed by atoms with Gasteiger partial charge in [-0.1, -0.05) is 31.7 Å². The van der Waals surface area contributed by atoms with Crippen molar-refractivity contribution < 1.29 is 14.8 Å². The molecule has 3 rings (SSSR count). The number of fused-ring (bicyclic) bond motifs is 1. The molecule has 3 N–H and O–H groups in total. The summed E-state index contributed by atoms with van der Waals surface area (Å²) in [7, 11) is 0. The molecule has 0 radical (unpaired) electrons. The lowest BCUT2D eigenvalue weighted by atomic mass is 9.92. The van der Waals surface area contributed by atoms with Crippen molar-refractivity contribution in [2.24, 2.45) is 11.8 Å². The number of hydroxylamine groups is 2. The number of aromatic nitrogens is 3. The number of hydrogen-bond acceptors (Lipinski definition) is 7. The van der Waals surface area contributed by atoms with Crippen LogP contribution in [0, 0.1) is 18.8 Å². The van der Waals surface area contributed by atoms with Crippen molar-refractivity contribution in [2.45, 2.75) is 39.0 Å².